The predicted molar refractivity (Wildman–Crippen MR) is 149 cm³/mol. The van der Waals surface area contributed by atoms with Crippen LogP contribution in [-0.2, 0) is 16.1 Å². The molecule has 1 amide bonds. The number of hydrogen-bond donors (Lipinski definition) is 1. The van der Waals surface area contributed by atoms with Gasteiger partial charge >= 0.3 is 5.97 Å². The van der Waals surface area contributed by atoms with Gasteiger partial charge in [0.25, 0.3) is 5.91 Å². The van der Waals surface area contributed by atoms with Crippen LogP contribution in [0.25, 0.3) is 16.8 Å². The Morgan fingerprint density at radius 1 is 1.03 bits per heavy atom. The van der Waals surface area contributed by atoms with Crippen LogP contribution in [0.1, 0.15) is 34.0 Å². The smallest absolute Gasteiger partial charge is 0.338 e. The minimum atomic E-state index is -0.604. The van der Waals surface area contributed by atoms with Gasteiger partial charge in [0.2, 0.25) is 0 Å². The second kappa shape index (κ2) is 12.1. The molecule has 0 aromatic heterocycles. The molecule has 0 aliphatic carbocycles. The van der Waals surface area contributed by atoms with Crippen molar-refractivity contribution in [2.24, 2.45) is 0 Å². The maximum absolute atomic E-state index is 12.9. The van der Waals surface area contributed by atoms with E-state index in [1.807, 2.05) is 25.1 Å². The topological polar surface area (TPSA) is 88.4 Å². The van der Waals surface area contributed by atoms with Crippen LogP contribution in [0.15, 0.2) is 84.4 Å². The molecule has 0 fully saturated rings. The molecule has 0 radical (unpaired) electrons. The average Bonchev–Trinajstić information content (AvgIpc) is 2.92. The van der Waals surface area contributed by atoms with Crippen molar-refractivity contribution >= 4 is 46.0 Å². The van der Waals surface area contributed by atoms with E-state index < -0.39 is 11.9 Å². The zero-order valence-electron chi connectivity index (χ0n) is 21.0. The zero-order valence-corrected chi connectivity index (χ0v) is 21.7. The van der Waals surface area contributed by atoms with Crippen LogP contribution < -0.4 is 10.1 Å². The summed E-state index contributed by atoms with van der Waals surface area (Å²) in [4.78, 5) is 24.7. The maximum Gasteiger partial charge on any atom is 0.338 e. The fourth-order valence-electron chi connectivity index (χ4n) is 3.96. The summed E-state index contributed by atoms with van der Waals surface area (Å²) in [5.74, 6) is -0.566. The van der Waals surface area contributed by atoms with Gasteiger partial charge in [0.15, 0.2) is 0 Å². The Morgan fingerprint density at radius 3 is 2.53 bits per heavy atom. The first kappa shape index (κ1) is 26.5. The second-order valence-corrected chi connectivity index (χ2v) is 8.91. The monoisotopic (exact) mass is 524 g/mol. The Bertz CT molecular complexity index is 1570. The van der Waals surface area contributed by atoms with E-state index in [0.717, 1.165) is 21.9 Å². The first-order chi connectivity index (χ1) is 18.4. The molecule has 0 spiro atoms. The molecule has 0 unspecified atom stereocenters. The Kier molecular flexibility index (Phi) is 8.42. The first-order valence-corrected chi connectivity index (χ1v) is 12.4. The molecule has 0 atom stereocenters. The third-order valence-corrected chi connectivity index (χ3v) is 6.17. The molecule has 0 aliphatic rings. The number of fused-ring (bicyclic) bond motifs is 1. The lowest BCUT2D eigenvalue weighted by Gasteiger charge is -2.14. The highest BCUT2D eigenvalue weighted by Crippen LogP contribution is 2.29. The zero-order chi connectivity index (χ0) is 27.1. The van der Waals surface area contributed by atoms with Crippen LogP contribution in [0.5, 0.6) is 5.75 Å². The molecule has 1 N–H and O–H groups in total. The third-order valence-electron chi connectivity index (χ3n) is 5.94. The number of amides is 1. The lowest BCUT2D eigenvalue weighted by Crippen LogP contribution is -2.14. The summed E-state index contributed by atoms with van der Waals surface area (Å²) in [6.07, 6.45) is 1.44. The van der Waals surface area contributed by atoms with E-state index in [-0.39, 0.29) is 12.2 Å². The van der Waals surface area contributed by atoms with Crippen molar-refractivity contribution in [2.45, 2.75) is 20.5 Å². The first-order valence-electron chi connectivity index (χ1n) is 12.0. The van der Waals surface area contributed by atoms with Gasteiger partial charge in [0, 0.05) is 21.8 Å². The highest BCUT2D eigenvalue weighted by atomic mass is 35.5. The van der Waals surface area contributed by atoms with E-state index in [2.05, 4.69) is 29.6 Å². The molecule has 190 valence electrons. The standard InChI is InChI=1S/C31H25ClN2O4/c1-3-37-31(36)22-10-13-26(14-11-22)34-30(35)24(18-33)16-23-17-25(32)12-15-29(23)38-19-28-20(2)8-9-21-6-4-5-7-27(21)28/h4-17H,3,19H2,1-2H3,(H,34,35)/b24-16+. The summed E-state index contributed by atoms with van der Waals surface area (Å²) in [7, 11) is 0. The van der Waals surface area contributed by atoms with Gasteiger partial charge in [-0.05, 0) is 78.7 Å². The van der Waals surface area contributed by atoms with Gasteiger partial charge in [0.1, 0.15) is 24.0 Å². The number of ether oxygens (including phenoxy) is 2. The van der Waals surface area contributed by atoms with Crippen molar-refractivity contribution in [1.82, 2.24) is 0 Å². The van der Waals surface area contributed by atoms with Crippen molar-refractivity contribution in [3.8, 4) is 11.8 Å². The summed E-state index contributed by atoms with van der Waals surface area (Å²) in [6, 6.07) is 25.5. The predicted octanol–water partition coefficient (Wildman–Crippen LogP) is 7.10. The van der Waals surface area contributed by atoms with Crippen molar-refractivity contribution in [1.29, 1.82) is 5.26 Å². The van der Waals surface area contributed by atoms with Crippen molar-refractivity contribution in [3.05, 3.63) is 112 Å². The molecule has 0 saturated heterocycles. The fourth-order valence-corrected chi connectivity index (χ4v) is 4.14. The van der Waals surface area contributed by atoms with Gasteiger partial charge in [0.05, 0.1) is 12.2 Å². The van der Waals surface area contributed by atoms with Gasteiger partial charge in [-0.1, -0.05) is 48.0 Å². The number of benzene rings is 4. The molecule has 4 aromatic carbocycles. The SMILES string of the molecule is CCOC(=O)c1ccc(NC(=O)/C(C#N)=C/c2cc(Cl)ccc2OCc2c(C)ccc3ccccc23)cc1. The number of anilines is 1. The summed E-state index contributed by atoms with van der Waals surface area (Å²) in [6.45, 7) is 4.33. The largest absolute Gasteiger partial charge is 0.488 e. The molecule has 0 heterocycles. The van der Waals surface area contributed by atoms with Crippen LogP contribution in [-0.4, -0.2) is 18.5 Å². The van der Waals surface area contributed by atoms with Gasteiger partial charge in [-0.3, -0.25) is 4.79 Å². The maximum atomic E-state index is 12.9. The Morgan fingerprint density at radius 2 is 1.79 bits per heavy atom. The molecular formula is C31H25ClN2O4. The highest BCUT2D eigenvalue weighted by molar-refractivity contribution is 6.30. The van der Waals surface area contributed by atoms with Crippen LogP contribution >= 0.6 is 11.6 Å². The third kappa shape index (κ3) is 6.20. The molecule has 6 nitrogen and oxygen atoms in total. The number of aryl methyl sites for hydroxylation is 1. The second-order valence-electron chi connectivity index (χ2n) is 8.47. The number of carbonyl (C=O) groups is 2. The molecule has 4 rings (SSSR count). The number of nitrogens with one attached hydrogen (secondary N) is 1. The summed E-state index contributed by atoms with van der Waals surface area (Å²) in [5, 5.41) is 15.1. The number of nitrogens with zero attached hydrogens (tertiary/aromatic N) is 1. The molecule has 4 aromatic rings. The molecular weight excluding hydrogens is 500 g/mol. The number of esters is 1. The Hall–Kier alpha value is -4.60. The van der Waals surface area contributed by atoms with Gasteiger partial charge in [-0.15, -0.1) is 0 Å². The van der Waals surface area contributed by atoms with Crippen LogP contribution in [0, 0.1) is 18.3 Å². The van der Waals surface area contributed by atoms with Crippen molar-refractivity contribution < 1.29 is 19.1 Å². The Balaban J connectivity index is 1.55. The van der Waals surface area contributed by atoms with Crippen LogP contribution in [0.3, 0.4) is 0 Å². The van der Waals surface area contributed by atoms with Crippen LogP contribution in [0.2, 0.25) is 5.02 Å². The summed E-state index contributed by atoms with van der Waals surface area (Å²) >= 11 is 6.23. The van der Waals surface area contributed by atoms with Gasteiger partial charge < -0.3 is 14.8 Å². The molecule has 7 heteroatoms. The Labute approximate surface area is 226 Å². The molecule has 38 heavy (non-hydrogen) atoms. The van der Waals surface area contributed by atoms with Crippen molar-refractivity contribution in [2.75, 3.05) is 11.9 Å². The average molecular weight is 525 g/mol. The number of carbonyl (C=O) groups excluding carboxylic acids is 2. The van der Waals surface area contributed by atoms with E-state index in [1.165, 1.54) is 6.08 Å². The minimum Gasteiger partial charge on any atom is -0.488 e. The normalized spacial score (nSPS) is 11.1. The summed E-state index contributed by atoms with van der Waals surface area (Å²) < 4.78 is 11.1. The van der Waals surface area contributed by atoms with E-state index in [1.54, 1.807) is 49.4 Å². The number of nitriles is 1. The fraction of sp³-hybridized carbons (Fsp3) is 0.129. The van der Waals surface area contributed by atoms with Gasteiger partial charge in [-0.2, -0.15) is 5.26 Å². The quantitative estimate of drug-likeness (QED) is 0.151. The van der Waals surface area contributed by atoms with E-state index >= 15 is 0 Å². The van der Waals surface area contributed by atoms with E-state index in [9.17, 15) is 14.9 Å². The lowest BCUT2D eigenvalue weighted by atomic mass is 10.0. The number of hydrogen-bond acceptors (Lipinski definition) is 5. The van der Waals surface area contributed by atoms with Gasteiger partial charge in [-0.25, -0.2) is 4.79 Å². The number of halogens is 1. The number of rotatable bonds is 8. The van der Waals surface area contributed by atoms with Crippen LogP contribution in [0.4, 0.5) is 5.69 Å². The minimum absolute atomic E-state index is 0.132. The molecule has 0 aliphatic heterocycles. The van der Waals surface area contributed by atoms with E-state index in [4.69, 9.17) is 21.1 Å². The summed E-state index contributed by atoms with van der Waals surface area (Å²) in [5.41, 5.74) is 3.31. The molecule has 0 saturated carbocycles. The van der Waals surface area contributed by atoms with E-state index in [0.29, 0.717) is 34.2 Å². The van der Waals surface area contributed by atoms with Crippen molar-refractivity contribution in [3.63, 3.8) is 0 Å². The molecule has 0 bridgehead atoms. The lowest BCUT2D eigenvalue weighted by molar-refractivity contribution is -0.112. The highest BCUT2D eigenvalue weighted by Gasteiger charge is 2.14.